The van der Waals surface area contributed by atoms with Crippen molar-refractivity contribution in [2.45, 2.75) is 13.1 Å². The minimum Gasteiger partial charge on any atom is -0.309 e. The van der Waals surface area contributed by atoms with Crippen molar-refractivity contribution in [3.8, 4) is 11.1 Å². The average Bonchev–Trinajstić information content (AvgIpc) is 2.93. The van der Waals surface area contributed by atoms with Gasteiger partial charge < -0.3 is 10.3 Å². The van der Waals surface area contributed by atoms with Gasteiger partial charge in [-0.2, -0.15) is 0 Å². The van der Waals surface area contributed by atoms with E-state index < -0.39 is 0 Å². The van der Waals surface area contributed by atoms with Crippen LogP contribution in [0.2, 0.25) is 0 Å². The molecule has 0 fully saturated rings. The van der Waals surface area contributed by atoms with E-state index in [1.165, 1.54) is 11.1 Å². The maximum Gasteiger partial charge on any atom is 0.249 e. The van der Waals surface area contributed by atoms with Crippen molar-refractivity contribution in [1.82, 2.24) is 15.3 Å². The Morgan fingerprint density at radius 2 is 1.86 bits per heavy atom. The summed E-state index contributed by atoms with van der Waals surface area (Å²) in [5.74, 6) is 0. The Morgan fingerprint density at radius 1 is 1.00 bits per heavy atom. The minimum absolute atomic E-state index is 0. The van der Waals surface area contributed by atoms with Crippen molar-refractivity contribution in [1.29, 1.82) is 0 Å². The molecule has 0 spiro atoms. The molecule has 0 radical (unpaired) electrons. The number of nitrogens with zero attached hydrogens (tertiary/aromatic N) is 1. The fraction of sp³-hybridized carbons (Fsp3) is 0.125. The Morgan fingerprint density at radius 3 is 2.76 bits per heavy atom. The topological polar surface area (TPSA) is 57.8 Å². The van der Waals surface area contributed by atoms with Gasteiger partial charge in [0.05, 0.1) is 0 Å². The largest absolute Gasteiger partial charge is 0.309 e. The number of halogens is 1. The minimum atomic E-state index is -0.125. The first-order valence-corrected chi connectivity index (χ1v) is 6.62. The molecule has 0 amide bonds. The highest BCUT2D eigenvalue weighted by atomic mass is 35.5. The summed E-state index contributed by atoms with van der Waals surface area (Å²) in [5.41, 5.74) is 5.47. The number of hydrogen-bond donors (Lipinski definition) is 2. The van der Waals surface area contributed by atoms with Crippen LogP contribution in [0.15, 0.2) is 47.4 Å². The second-order valence-electron chi connectivity index (χ2n) is 5.03. The van der Waals surface area contributed by atoms with Gasteiger partial charge in [-0.15, -0.1) is 12.4 Å². The number of aromatic amines is 1. The zero-order valence-electron chi connectivity index (χ0n) is 11.2. The summed E-state index contributed by atoms with van der Waals surface area (Å²) in [4.78, 5) is 18.4. The third-order valence-corrected chi connectivity index (χ3v) is 3.78. The normalized spacial score (nSPS) is 13.0. The van der Waals surface area contributed by atoms with Crippen LogP contribution in [0.25, 0.3) is 22.2 Å². The zero-order valence-corrected chi connectivity index (χ0v) is 12.0. The third-order valence-electron chi connectivity index (χ3n) is 3.78. The second-order valence-corrected chi connectivity index (χ2v) is 5.03. The number of benzene rings is 1. The second kappa shape index (κ2) is 5.31. The number of aromatic nitrogens is 2. The average molecular weight is 300 g/mol. The SMILES string of the molecule is Cl.O=c1ccc2c(-c3ccc4c(c3)CNC4)ccnc2[nH]1. The summed E-state index contributed by atoms with van der Waals surface area (Å²) >= 11 is 0. The quantitative estimate of drug-likeness (QED) is 0.726. The molecule has 5 heteroatoms. The molecule has 1 aliphatic rings. The van der Waals surface area contributed by atoms with E-state index in [9.17, 15) is 4.79 Å². The van der Waals surface area contributed by atoms with E-state index in [1.54, 1.807) is 12.3 Å². The molecular formula is C16H14ClN3O. The van der Waals surface area contributed by atoms with Gasteiger partial charge in [0.15, 0.2) is 0 Å². The highest BCUT2D eigenvalue weighted by Crippen LogP contribution is 2.29. The summed E-state index contributed by atoms with van der Waals surface area (Å²) < 4.78 is 0. The van der Waals surface area contributed by atoms with Crippen LogP contribution in [0.5, 0.6) is 0 Å². The van der Waals surface area contributed by atoms with Crippen molar-refractivity contribution in [2.75, 3.05) is 0 Å². The van der Waals surface area contributed by atoms with E-state index in [0.29, 0.717) is 5.65 Å². The Kier molecular flexibility index (Phi) is 3.49. The molecule has 3 aromatic rings. The van der Waals surface area contributed by atoms with E-state index in [1.807, 2.05) is 12.1 Å². The van der Waals surface area contributed by atoms with Crippen molar-refractivity contribution < 1.29 is 0 Å². The van der Waals surface area contributed by atoms with Crippen molar-refractivity contribution in [3.05, 3.63) is 64.1 Å². The molecule has 2 aromatic heterocycles. The van der Waals surface area contributed by atoms with Crippen LogP contribution in [-0.4, -0.2) is 9.97 Å². The van der Waals surface area contributed by atoms with Gasteiger partial charge >= 0.3 is 0 Å². The van der Waals surface area contributed by atoms with Crippen LogP contribution in [0, 0.1) is 0 Å². The van der Waals surface area contributed by atoms with Crippen molar-refractivity contribution >= 4 is 23.4 Å². The molecule has 0 unspecified atom stereocenters. The fourth-order valence-electron chi connectivity index (χ4n) is 2.77. The first-order chi connectivity index (χ1) is 9.81. The Hall–Kier alpha value is -2.17. The summed E-state index contributed by atoms with van der Waals surface area (Å²) in [5, 5.41) is 4.32. The number of pyridine rings is 2. The highest BCUT2D eigenvalue weighted by molar-refractivity contribution is 5.92. The molecule has 3 heterocycles. The lowest BCUT2D eigenvalue weighted by Gasteiger charge is -2.07. The van der Waals surface area contributed by atoms with Crippen molar-refractivity contribution in [3.63, 3.8) is 0 Å². The number of H-pyrrole nitrogens is 1. The standard InChI is InChI=1S/C16H13N3O.ClH/c20-15-4-3-14-13(5-6-18-16(14)19-15)10-1-2-11-8-17-9-12(11)7-10;/h1-7,17H,8-9H2,(H,18,19,20);1H. The molecule has 21 heavy (non-hydrogen) atoms. The lowest BCUT2D eigenvalue weighted by molar-refractivity contribution is 0.765. The number of nitrogens with one attached hydrogen (secondary N) is 2. The molecule has 1 aliphatic heterocycles. The van der Waals surface area contributed by atoms with Crippen LogP contribution >= 0.6 is 12.4 Å². The lowest BCUT2D eigenvalue weighted by Crippen LogP contribution is -2.03. The van der Waals surface area contributed by atoms with Crippen LogP contribution in [0.1, 0.15) is 11.1 Å². The summed E-state index contributed by atoms with van der Waals surface area (Å²) in [6.07, 6.45) is 1.74. The molecule has 0 aliphatic carbocycles. The van der Waals surface area contributed by atoms with E-state index in [4.69, 9.17) is 0 Å². The Labute approximate surface area is 127 Å². The number of hydrogen-bond acceptors (Lipinski definition) is 3. The monoisotopic (exact) mass is 299 g/mol. The molecule has 4 rings (SSSR count). The Balaban J connectivity index is 0.00000132. The van der Waals surface area contributed by atoms with Gasteiger partial charge in [0.25, 0.3) is 0 Å². The van der Waals surface area contributed by atoms with Gasteiger partial charge in [-0.3, -0.25) is 4.79 Å². The maximum atomic E-state index is 11.4. The fourth-order valence-corrected chi connectivity index (χ4v) is 2.77. The molecule has 0 bridgehead atoms. The van der Waals surface area contributed by atoms with E-state index in [0.717, 1.165) is 29.6 Å². The van der Waals surface area contributed by atoms with Gasteiger partial charge in [-0.25, -0.2) is 4.98 Å². The smallest absolute Gasteiger partial charge is 0.249 e. The molecule has 1 aromatic carbocycles. The van der Waals surface area contributed by atoms with Crippen LogP contribution in [0.3, 0.4) is 0 Å². The van der Waals surface area contributed by atoms with E-state index in [2.05, 4.69) is 33.5 Å². The van der Waals surface area contributed by atoms with Gasteiger partial charge in [0.2, 0.25) is 5.56 Å². The lowest BCUT2D eigenvalue weighted by atomic mass is 9.99. The number of rotatable bonds is 1. The van der Waals surface area contributed by atoms with E-state index in [-0.39, 0.29) is 18.0 Å². The molecule has 0 saturated heterocycles. The highest BCUT2D eigenvalue weighted by Gasteiger charge is 2.12. The van der Waals surface area contributed by atoms with Crippen LogP contribution in [-0.2, 0) is 13.1 Å². The number of fused-ring (bicyclic) bond motifs is 2. The van der Waals surface area contributed by atoms with Gasteiger partial charge in [0, 0.05) is 30.7 Å². The summed E-state index contributed by atoms with van der Waals surface area (Å²) in [6, 6.07) is 11.9. The molecule has 0 saturated carbocycles. The van der Waals surface area contributed by atoms with Gasteiger partial charge in [0.1, 0.15) is 5.65 Å². The first kappa shape index (κ1) is 13.8. The maximum absolute atomic E-state index is 11.4. The van der Waals surface area contributed by atoms with Crippen LogP contribution < -0.4 is 10.9 Å². The molecule has 4 nitrogen and oxygen atoms in total. The zero-order chi connectivity index (χ0) is 13.5. The molecule has 0 atom stereocenters. The summed E-state index contributed by atoms with van der Waals surface area (Å²) in [7, 11) is 0. The van der Waals surface area contributed by atoms with Crippen molar-refractivity contribution in [2.24, 2.45) is 0 Å². The predicted octanol–water partition coefficient (Wildman–Crippen LogP) is 2.62. The molecule has 2 N–H and O–H groups in total. The van der Waals surface area contributed by atoms with E-state index >= 15 is 0 Å². The predicted molar refractivity (Wildman–Crippen MR) is 85.6 cm³/mol. The summed E-state index contributed by atoms with van der Waals surface area (Å²) in [6.45, 7) is 1.86. The van der Waals surface area contributed by atoms with Gasteiger partial charge in [-0.05, 0) is 40.5 Å². The molecular weight excluding hydrogens is 286 g/mol. The molecule has 106 valence electrons. The van der Waals surface area contributed by atoms with Gasteiger partial charge in [-0.1, -0.05) is 12.1 Å². The third kappa shape index (κ3) is 2.33. The Bertz CT molecular complexity index is 873. The first-order valence-electron chi connectivity index (χ1n) is 6.62. The van der Waals surface area contributed by atoms with Crippen LogP contribution in [0.4, 0.5) is 0 Å².